The first kappa shape index (κ1) is 35.3. The molecule has 185 valence electrons. The number of benzene rings is 3. The van der Waals surface area contributed by atoms with Gasteiger partial charge in [0.2, 0.25) is 0 Å². The Morgan fingerprint density at radius 2 is 1.22 bits per heavy atom. The molecule has 4 nitrogen and oxygen atoms in total. The van der Waals surface area contributed by atoms with Gasteiger partial charge >= 0.3 is 39.7 Å². The fourth-order valence-corrected chi connectivity index (χ4v) is 5.30. The molecule has 3 aromatic rings. The van der Waals surface area contributed by atoms with Gasteiger partial charge in [-0.2, -0.15) is 0 Å². The van der Waals surface area contributed by atoms with Crippen molar-refractivity contribution in [1.82, 2.24) is 0 Å². The van der Waals surface area contributed by atoms with Crippen LogP contribution in [-0.2, 0) is 31.1 Å². The van der Waals surface area contributed by atoms with E-state index in [1.54, 1.807) is 12.5 Å². The van der Waals surface area contributed by atoms with Crippen LogP contribution in [-0.4, -0.2) is 7.11 Å². The van der Waals surface area contributed by atoms with Crippen molar-refractivity contribution in [2.75, 3.05) is 7.11 Å². The quantitative estimate of drug-likeness (QED) is 0.0992. The zero-order chi connectivity index (χ0) is 26.3. The summed E-state index contributed by atoms with van der Waals surface area (Å²) >= 11 is 0. The molecule has 0 aromatic heterocycles. The van der Waals surface area contributed by atoms with Gasteiger partial charge in [-0.15, -0.1) is 6.58 Å². The standard InChI is InChI=1S/C18H15P.C10H15O2.2CO.Fe/c1-4-10-16(11-5-1)19(17-12-6-2-7-13-17)18-14-8-3-9-15-18;1-4-6-9(7-5-2)8-10(11)12-3;2*1-2;/h1-15H;4-6,8-9,11H,1-2,7H2,3H3;;;/q;;;;+2/p-1/b;10-8-;;;/t;9-;;;/m.1.../s1. The van der Waals surface area contributed by atoms with Gasteiger partial charge in [-0.25, -0.2) is 0 Å². The fourth-order valence-electron chi connectivity index (χ4n) is 2.99. The van der Waals surface area contributed by atoms with Gasteiger partial charge < -0.3 is 9.84 Å². The van der Waals surface area contributed by atoms with E-state index in [9.17, 15) is 5.11 Å². The van der Waals surface area contributed by atoms with Crippen molar-refractivity contribution in [2.24, 2.45) is 5.92 Å². The maximum Gasteiger partial charge on any atom is 2.00 e. The minimum Gasteiger partial charge on any atom is -0.617 e. The second-order valence-corrected chi connectivity index (χ2v) is 8.87. The fraction of sp³-hybridized carbons (Fsp3) is 0.100. The summed E-state index contributed by atoms with van der Waals surface area (Å²) in [5.41, 5.74) is 0. The molecule has 6 heteroatoms. The van der Waals surface area contributed by atoms with E-state index in [-0.39, 0.29) is 28.9 Å². The van der Waals surface area contributed by atoms with Crippen LogP contribution < -0.4 is 21.0 Å². The van der Waals surface area contributed by atoms with E-state index in [0.29, 0.717) is 0 Å². The van der Waals surface area contributed by atoms with E-state index in [4.69, 9.17) is 9.30 Å². The van der Waals surface area contributed by atoms with Gasteiger partial charge in [0.25, 0.3) is 0 Å². The number of rotatable bonds is 9. The van der Waals surface area contributed by atoms with Gasteiger partial charge in [-0.3, -0.25) is 0 Å². The average molecular weight is 540 g/mol. The van der Waals surface area contributed by atoms with Crippen LogP contribution in [0.3, 0.4) is 0 Å². The molecule has 0 N–H and O–H groups in total. The molecule has 0 aliphatic heterocycles. The minimum atomic E-state index is -0.446. The van der Waals surface area contributed by atoms with E-state index in [2.05, 4.69) is 123 Å². The van der Waals surface area contributed by atoms with Gasteiger partial charge in [-0.05, 0) is 63.0 Å². The zero-order valence-corrected chi connectivity index (χ0v) is 22.1. The predicted octanol–water partition coefficient (Wildman–Crippen LogP) is 4.64. The zero-order valence-electron chi connectivity index (χ0n) is 20.1. The summed E-state index contributed by atoms with van der Waals surface area (Å²) in [6.07, 6.45) is 7.47. The van der Waals surface area contributed by atoms with Gasteiger partial charge in [-0.1, -0.05) is 103 Å². The number of ether oxygens (including phenoxy) is 1. The van der Waals surface area contributed by atoms with E-state index in [1.807, 2.05) is 6.42 Å². The first-order valence-corrected chi connectivity index (χ1v) is 11.9. The molecule has 3 rings (SSSR count). The third kappa shape index (κ3) is 13.9. The van der Waals surface area contributed by atoms with Crippen molar-refractivity contribution in [2.45, 2.75) is 6.42 Å². The Morgan fingerprint density at radius 1 is 0.861 bits per heavy atom. The molecule has 0 amide bonds. The molecule has 0 saturated carbocycles. The molecule has 0 spiro atoms. The molecule has 0 bridgehead atoms. The molecular formula is C30H29FeO4P+. The molecule has 0 heterocycles. The van der Waals surface area contributed by atoms with Crippen molar-refractivity contribution in [1.29, 1.82) is 0 Å². The Kier molecular flexibility index (Phi) is 23.4. The van der Waals surface area contributed by atoms with Crippen LogP contribution in [0.25, 0.3) is 0 Å². The summed E-state index contributed by atoms with van der Waals surface area (Å²) in [7, 11) is 0.913. The topological polar surface area (TPSA) is 72.1 Å². The van der Waals surface area contributed by atoms with Crippen LogP contribution in [0.1, 0.15) is 6.42 Å². The molecule has 36 heavy (non-hydrogen) atoms. The van der Waals surface area contributed by atoms with E-state index in [1.165, 1.54) is 29.1 Å². The molecule has 3 aromatic carbocycles. The second kappa shape index (κ2) is 23.9. The summed E-state index contributed by atoms with van der Waals surface area (Å²) < 4.78 is 19.5. The molecule has 0 aliphatic carbocycles. The van der Waals surface area contributed by atoms with Gasteiger partial charge in [0.15, 0.2) is 0 Å². The first-order chi connectivity index (χ1) is 17.2. The van der Waals surface area contributed by atoms with Crippen LogP contribution >= 0.6 is 7.92 Å². The van der Waals surface area contributed by atoms with E-state index in [0.717, 1.165) is 6.42 Å². The maximum atomic E-state index is 10.8. The molecular weight excluding hydrogens is 511 g/mol. The molecule has 0 saturated heterocycles. The molecule has 0 fully saturated rings. The van der Waals surface area contributed by atoms with Crippen LogP contribution in [0.4, 0.5) is 0 Å². The SMILES string of the molecule is [C-]#[O+].[C-]#[O+].[CH2][CH][CH][C@@H](/C=C(/[O-])OC)CC=C.[Fe+2].c1ccc(P(c2ccccc2)c2ccccc2)cc1. The summed E-state index contributed by atoms with van der Waals surface area (Å²) in [4.78, 5) is 0. The van der Waals surface area contributed by atoms with Gasteiger partial charge in [0.05, 0.1) is 0 Å². The van der Waals surface area contributed by atoms with E-state index >= 15 is 0 Å². The maximum absolute atomic E-state index is 10.8. The van der Waals surface area contributed by atoms with Crippen molar-refractivity contribution in [3.8, 4) is 0 Å². The molecule has 3 radical (unpaired) electrons. The summed E-state index contributed by atoms with van der Waals surface area (Å²) in [5, 5.41) is 15.0. The smallest absolute Gasteiger partial charge is 0.617 e. The van der Waals surface area contributed by atoms with Crippen molar-refractivity contribution >= 4 is 23.8 Å². The van der Waals surface area contributed by atoms with Gasteiger partial charge in [0, 0.05) is 5.95 Å². The van der Waals surface area contributed by atoms with Crippen LogP contribution in [0.5, 0.6) is 0 Å². The van der Waals surface area contributed by atoms with Gasteiger partial charge in [0.1, 0.15) is 0 Å². The third-order valence-corrected chi connectivity index (χ3v) is 6.86. The summed E-state index contributed by atoms with van der Waals surface area (Å²) in [5.74, 6) is -0.271. The minimum absolute atomic E-state index is 0. The number of hydrogen-bond donors (Lipinski definition) is 0. The summed E-state index contributed by atoms with van der Waals surface area (Å²) in [6.45, 7) is 16.1. The number of methoxy groups -OCH3 is 1. The van der Waals surface area contributed by atoms with E-state index < -0.39 is 7.92 Å². The second-order valence-electron chi connectivity index (χ2n) is 6.65. The first-order valence-electron chi connectivity index (χ1n) is 10.5. The van der Waals surface area contributed by atoms with Crippen LogP contribution in [0.2, 0.25) is 0 Å². The Labute approximate surface area is 227 Å². The Bertz CT molecular complexity index is 890. The predicted molar refractivity (Wildman–Crippen MR) is 140 cm³/mol. The number of hydrogen-bond acceptors (Lipinski definition) is 2. The molecule has 0 unspecified atom stereocenters. The van der Waals surface area contributed by atoms with Crippen molar-refractivity contribution in [3.05, 3.63) is 149 Å². The summed E-state index contributed by atoms with van der Waals surface area (Å²) in [6, 6.07) is 32.3. The van der Waals surface area contributed by atoms with Crippen LogP contribution in [0, 0.1) is 39.0 Å². The molecule has 1 atom stereocenters. The number of allylic oxidation sites excluding steroid dienone is 2. The normalized spacial score (nSPS) is 10.4. The largest absolute Gasteiger partial charge is 2.00 e. The monoisotopic (exact) mass is 540 g/mol. The molecule has 0 aliphatic rings. The van der Waals surface area contributed by atoms with Crippen molar-refractivity contribution < 1.29 is 36.2 Å². The Hall–Kier alpha value is -2.83. The van der Waals surface area contributed by atoms with Crippen LogP contribution in [0.15, 0.2) is 116 Å². The Balaban J connectivity index is 0. The average Bonchev–Trinajstić information content (AvgIpc) is 2.93. The Morgan fingerprint density at radius 3 is 1.50 bits per heavy atom. The van der Waals surface area contributed by atoms with Crippen molar-refractivity contribution in [3.63, 3.8) is 0 Å². The third-order valence-electron chi connectivity index (χ3n) is 4.42.